The van der Waals surface area contributed by atoms with Crippen molar-refractivity contribution in [3.8, 4) is 6.07 Å². The van der Waals surface area contributed by atoms with Gasteiger partial charge in [-0.1, -0.05) is 12.1 Å². The summed E-state index contributed by atoms with van der Waals surface area (Å²) in [7, 11) is -2.24. The second kappa shape index (κ2) is 5.71. The number of hydrogen-bond acceptors (Lipinski definition) is 4. The molecule has 0 spiro atoms. The zero-order chi connectivity index (χ0) is 14.8. The van der Waals surface area contributed by atoms with E-state index in [0.29, 0.717) is 10.4 Å². The fourth-order valence-corrected chi connectivity index (χ4v) is 4.12. The second-order valence-corrected chi connectivity index (χ2v) is 7.48. The van der Waals surface area contributed by atoms with Crippen LogP contribution in [0, 0.1) is 17.1 Å². The first-order chi connectivity index (χ1) is 9.43. The predicted octanol–water partition coefficient (Wildman–Crippen LogP) is 2.58. The maximum Gasteiger partial charge on any atom is 0.252 e. The molecule has 0 bridgehead atoms. The van der Waals surface area contributed by atoms with Crippen molar-refractivity contribution in [1.82, 2.24) is 4.31 Å². The molecule has 0 saturated carbocycles. The molecule has 1 heterocycles. The maximum atomic E-state index is 13.1. The lowest BCUT2D eigenvalue weighted by atomic mass is 10.2. The highest BCUT2D eigenvalue weighted by atomic mass is 32.2. The highest BCUT2D eigenvalue weighted by Gasteiger charge is 2.23. The van der Waals surface area contributed by atoms with Gasteiger partial charge in [-0.2, -0.15) is 9.57 Å². The van der Waals surface area contributed by atoms with Crippen molar-refractivity contribution in [3.63, 3.8) is 0 Å². The van der Waals surface area contributed by atoms with Crippen molar-refractivity contribution in [1.29, 1.82) is 5.26 Å². The van der Waals surface area contributed by atoms with E-state index in [4.69, 9.17) is 5.26 Å². The Morgan fingerprint density at radius 1 is 1.35 bits per heavy atom. The highest BCUT2D eigenvalue weighted by Crippen LogP contribution is 2.24. The van der Waals surface area contributed by atoms with Crippen LogP contribution in [0.4, 0.5) is 4.39 Å². The number of rotatable bonds is 4. The maximum absolute atomic E-state index is 13.1. The summed E-state index contributed by atoms with van der Waals surface area (Å²) in [6.07, 6.45) is 0. The first-order valence-corrected chi connectivity index (χ1v) is 7.90. The largest absolute Gasteiger partial charge is 0.252 e. The highest BCUT2D eigenvalue weighted by molar-refractivity contribution is 7.91. The monoisotopic (exact) mass is 310 g/mol. The number of halogens is 1. The Kier molecular flexibility index (Phi) is 4.18. The minimum absolute atomic E-state index is 0.0693. The molecule has 0 aliphatic heterocycles. The molecule has 0 unspecified atom stereocenters. The summed E-state index contributed by atoms with van der Waals surface area (Å²) in [5.41, 5.74) is 0.563. The molecule has 1 aromatic heterocycles. The van der Waals surface area contributed by atoms with E-state index in [-0.39, 0.29) is 10.8 Å². The van der Waals surface area contributed by atoms with Gasteiger partial charge in [0.25, 0.3) is 10.0 Å². The molecule has 20 heavy (non-hydrogen) atoms. The molecule has 0 aliphatic rings. The quantitative estimate of drug-likeness (QED) is 0.872. The van der Waals surface area contributed by atoms with Gasteiger partial charge < -0.3 is 0 Å². The summed E-state index contributed by atoms with van der Waals surface area (Å²) in [6, 6.07) is 10.6. The van der Waals surface area contributed by atoms with Crippen molar-refractivity contribution in [2.45, 2.75) is 10.8 Å². The van der Waals surface area contributed by atoms with Gasteiger partial charge in [0, 0.05) is 13.6 Å². The Bertz CT molecular complexity index is 763. The third-order valence-corrected chi connectivity index (χ3v) is 5.91. The minimum Gasteiger partial charge on any atom is -0.207 e. The summed E-state index contributed by atoms with van der Waals surface area (Å²) >= 11 is 0.917. The predicted molar refractivity (Wildman–Crippen MR) is 74.1 cm³/mol. The first kappa shape index (κ1) is 14.7. The summed E-state index contributed by atoms with van der Waals surface area (Å²) < 4.78 is 38.9. The van der Waals surface area contributed by atoms with Gasteiger partial charge in [0.1, 0.15) is 21.0 Å². The van der Waals surface area contributed by atoms with Crippen LogP contribution in [0.15, 0.2) is 40.6 Å². The average molecular weight is 310 g/mol. The standard InChI is InChI=1S/C13H11FN2O2S2/c1-16(9-10-3-2-4-11(14)7-10)20(17,18)13-6-5-12(8-15)19-13/h2-7H,9H2,1H3. The smallest absolute Gasteiger partial charge is 0.207 e. The van der Waals surface area contributed by atoms with Crippen LogP contribution in [0.3, 0.4) is 0 Å². The molecule has 0 atom stereocenters. The van der Waals surface area contributed by atoms with Crippen molar-refractivity contribution < 1.29 is 12.8 Å². The van der Waals surface area contributed by atoms with Gasteiger partial charge >= 0.3 is 0 Å². The van der Waals surface area contributed by atoms with Crippen molar-refractivity contribution in [2.75, 3.05) is 7.05 Å². The summed E-state index contributed by atoms with van der Waals surface area (Å²) in [5, 5.41) is 8.73. The van der Waals surface area contributed by atoms with E-state index in [2.05, 4.69) is 0 Å². The summed E-state index contributed by atoms with van der Waals surface area (Å²) in [6.45, 7) is 0.0693. The second-order valence-electron chi connectivity index (χ2n) is 4.12. The van der Waals surface area contributed by atoms with Crippen LogP contribution < -0.4 is 0 Å². The number of hydrogen-bond donors (Lipinski definition) is 0. The Morgan fingerprint density at radius 2 is 2.10 bits per heavy atom. The average Bonchev–Trinajstić information content (AvgIpc) is 2.88. The van der Waals surface area contributed by atoms with Gasteiger partial charge in [0.2, 0.25) is 0 Å². The molecule has 1 aromatic carbocycles. The molecule has 0 saturated heterocycles. The van der Waals surface area contributed by atoms with Gasteiger partial charge in [-0.3, -0.25) is 0 Å². The van der Waals surface area contributed by atoms with Gasteiger partial charge in [-0.15, -0.1) is 11.3 Å². The van der Waals surface area contributed by atoms with E-state index in [0.717, 1.165) is 15.6 Å². The Balaban J connectivity index is 2.23. The lowest BCUT2D eigenvalue weighted by Crippen LogP contribution is -2.25. The Hall–Kier alpha value is -1.75. The number of nitriles is 1. The molecule has 7 heteroatoms. The van der Waals surface area contributed by atoms with E-state index in [9.17, 15) is 12.8 Å². The summed E-state index contributed by atoms with van der Waals surface area (Å²) in [4.78, 5) is 0.336. The lowest BCUT2D eigenvalue weighted by Gasteiger charge is -2.16. The third kappa shape index (κ3) is 3.04. The number of nitrogens with zero attached hydrogens (tertiary/aromatic N) is 2. The Labute approximate surface area is 120 Å². The van der Waals surface area contributed by atoms with Gasteiger partial charge in [-0.25, -0.2) is 12.8 Å². The van der Waals surface area contributed by atoms with Gasteiger partial charge in [0.15, 0.2) is 0 Å². The third-order valence-electron chi connectivity index (χ3n) is 2.65. The van der Waals surface area contributed by atoms with E-state index >= 15 is 0 Å². The molecule has 104 valence electrons. The molecule has 0 fully saturated rings. The normalized spacial score (nSPS) is 11.5. The topological polar surface area (TPSA) is 61.2 Å². The van der Waals surface area contributed by atoms with Crippen LogP contribution in [-0.4, -0.2) is 19.8 Å². The molecule has 0 aliphatic carbocycles. The van der Waals surface area contributed by atoms with Crippen molar-refractivity contribution in [2.24, 2.45) is 0 Å². The van der Waals surface area contributed by atoms with Crippen molar-refractivity contribution >= 4 is 21.4 Å². The fourth-order valence-electron chi connectivity index (χ4n) is 1.65. The molecule has 2 rings (SSSR count). The van der Waals surface area contributed by atoms with E-state index in [1.54, 1.807) is 6.07 Å². The molecule has 2 aromatic rings. The SMILES string of the molecule is CN(Cc1cccc(F)c1)S(=O)(=O)c1ccc(C#N)s1. The zero-order valence-electron chi connectivity index (χ0n) is 10.6. The fraction of sp³-hybridized carbons (Fsp3) is 0.154. The lowest BCUT2D eigenvalue weighted by molar-refractivity contribution is 0.467. The number of benzene rings is 1. The molecule has 0 N–H and O–H groups in total. The number of thiophene rings is 1. The summed E-state index contributed by atoms with van der Waals surface area (Å²) in [5.74, 6) is -0.406. The molecular weight excluding hydrogens is 299 g/mol. The van der Waals surface area contributed by atoms with Gasteiger partial charge in [0.05, 0.1) is 0 Å². The van der Waals surface area contributed by atoms with E-state index in [1.807, 2.05) is 6.07 Å². The van der Waals surface area contributed by atoms with Crippen LogP contribution >= 0.6 is 11.3 Å². The molecule has 4 nitrogen and oxygen atoms in total. The minimum atomic E-state index is -3.66. The van der Waals surface area contributed by atoms with Crippen LogP contribution in [0.5, 0.6) is 0 Å². The zero-order valence-corrected chi connectivity index (χ0v) is 12.2. The van der Waals surface area contributed by atoms with Crippen LogP contribution in [0.2, 0.25) is 0 Å². The molecular formula is C13H11FN2O2S2. The van der Waals surface area contributed by atoms with E-state index < -0.39 is 15.8 Å². The van der Waals surface area contributed by atoms with Crippen LogP contribution in [0.1, 0.15) is 10.4 Å². The van der Waals surface area contributed by atoms with Crippen LogP contribution in [-0.2, 0) is 16.6 Å². The van der Waals surface area contributed by atoms with Crippen LogP contribution in [0.25, 0.3) is 0 Å². The first-order valence-electron chi connectivity index (χ1n) is 5.64. The van der Waals surface area contributed by atoms with Crippen molar-refractivity contribution in [3.05, 3.63) is 52.7 Å². The molecule has 0 amide bonds. The Morgan fingerprint density at radius 3 is 2.70 bits per heavy atom. The number of sulfonamides is 1. The molecule has 0 radical (unpaired) electrons. The van der Waals surface area contributed by atoms with E-state index in [1.165, 1.54) is 37.4 Å². The van der Waals surface area contributed by atoms with Gasteiger partial charge in [-0.05, 0) is 29.8 Å².